The Labute approximate surface area is 119 Å². The second kappa shape index (κ2) is 7.31. The standard InChI is InChI=1S/C15H19ClN2O/c16-9-4-10-18-11-7-14(8-12-18)17-15(19)13-5-2-1-3-6-13/h1-6,9,14H,7-8,10-12H2,(H,17,19)/b9-4+. The number of benzene rings is 1. The van der Waals surface area contributed by atoms with E-state index in [1.54, 1.807) is 5.54 Å². The molecule has 0 aromatic heterocycles. The van der Waals surface area contributed by atoms with Gasteiger partial charge in [-0.1, -0.05) is 35.9 Å². The fraction of sp³-hybridized carbons (Fsp3) is 0.400. The minimum absolute atomic E-state index is 0.0275. The normalized spacial score (nSPS) is 17.7. The fourth-order valence-corrected chi connectivity index (χ4v) is 2.39. The van der Waals surface area contributed by atoms with Crippen LogP contribution in [0.4, 0.5) is 0 Å². The van der Waals surface area contributed by atoms with Gasteiger partial charge >= 0.3 is 0 Å². The molecule has 19 heavy (non-hydrogen) atoms. The van der Waals surface area contributed by atoms with Crippen molar-refractivity contribution in [3.8, 4) is 0 Å². The van der Waals surface area contributed by atoms with Gasteiger partial charge < -0.3 is 5.32 Å². The smallest absolute Gasteiger partial charge is 0.251 e. The van der Waals surface area contributed by atoms with E-state index in [-0.39, 0.29) is 11.9 Å². The molecule has 1 heterocycles. The van der Waals surface area contributed by atoms with Crippen LogP contribution in [0.1, 0.15) is 23.2 Å². The summed E-state index contributed by atoms with van der Waals surface area (Å²) >= 11 is 5.52. The predicted molar refractivity (Wildman–Crippen MR) is 78.4 cm³/mol. The molecule has 1 aliphatic rings. The van der Waals surface area contributed by atoms with Crippen molar-refractivity contribution in [3.63, 3.8) is 0 Å². The molecule has 1 saturated heterocycles. The van der Waals surface area contributed by atoms with Crippen molar-refractivity contribution in [2.45, 2.75) is 18.9 Å². The first-order valence-corrected chi connectivity index (χ1v) is 7.06. The molecule has 0 radical (unpaired) electrons. The number of carbonyl (C=O) groups excluding carboxylic acids is 1. The lowest BCUT2D eigenvalue weighted by Gasteiger charge is -2.31. The van der Waals surface area contributed by atoms with Crippen molar-refractivity contribution >= 4 is 17.5 Å². The minimum Gasteiger partial charge on any atom is -0.349 e. The monoisotopic (exact) mass is 278 g/mol. The second-order valence-electron chi connectivity index (χ2n) is 4.78. The third-order valence-corrected chi connectivity index (χ3v) is 3.59. The molecule has 4 heteroatoms. The van der Waals surface area contributed by atoms with Gasteiger partial charge in [-0.05, 0) is 25.0 Å². The molecular weight excluding hydrogens is 260 g/mol. The van der Waals surface area contributed by atoms with Crippen LogP contribution in [0.3, 0.4) is 0 Å². The molecule has 1 aromatic carbocycles. The molecule has 2 rings (SSSR count). The van der Waals surface area contributed by atoms with Crippen LogP contribution < -0.4 is 5.32 Å². The van der Waals surface area contributed by atoms with Gasteiger partial charge in [0.1, 0.15) is 0 Å². The Morgan fingerprint density at radius 2 is 2.00 bits per heavy atom. The summed E-state index contributed by atoms with van der Waals surface area (Å²) in [7, 11) is 0. The average molecular weight is 279 g/mol. The largest absolute Gasteiger partial charge is 0.349 e. The van der Waals surface area contributed by atoms with E-state index in [1.165, 1.54) is 0 Å². The molecule has 0 unspecified atom stereocenters. The van der Waals surface area contributed by atoms with Gasteiger partial charge in [-0.25, -0.2) is 0 Å². The van der Waals surface area contributed by atoms with Crippen molar-refractivity contribution in [3.05, 3.63) is 47.5 Å². The van der Waals surface area contributed by atoms with E-state index in [4.69, 9.17) is 11.6 Å². The highest BCUT2D eigenvalue weighted by Gasteiger charge is 2.20. The number of carbonyl (C=O) groups is 1. The number of rotatable bonds is 4. The molecule has 1 aromatic rings. The number of hydrogen-bond acceptors (Lipinski definition) is 2. The predicted octanol–water partition coefficient (Wildman–Crippen LogP) is 2.63. The maximum Gasteiger partial charge on any atom is 0.251 e. The van der Waals surface area contributed by atoms with E-state index in [2.05, 4.69) is 10.2 Å². The summed E-state index contributed by atoms with van der Waals surface area (Å²) in [5.41, 5.74) is 2.29. The number of halogens is 1. The summed E-state index contributed by atoms with van der Waals surface area (Å²) in [5, 5.41) is 3.10. The van der Waals surface area contributed by atoms with Crippen LogP contribution in [-0.4, -0.2) is 36.5 Å². The number of piperidine rings is 1. The summed E-state index contributed by atoms with van der Waals surface area (Å²) in [6.45, 7) is 2.89. The van der Waals surface area contributed by atoms with Crippen LogP contribution >= 0.6 is 11.6 Å². The quantitative estimate of drug-likeness (QED) is 0.918. The summed E-state index contributed by atoms with van der Waals surface area (Å²) in [5.74, 6) is 0.0275. The van der Waals surface area contributed by atoms with Crippen molar-refractivity contribution in [2.75, 3.05) is 19.6 Å². The van der Waals surface area contributed by atoms with E-state index >= 15 is 0 Å². The van der Waals surface area contributed by atoms with Gasteiger partial charge in [0.15, 0.2) is 0 Å². The highest BCUT2D eigenvalue weighted by Crippen LogP contribution is 2.11. The third kappa shape index (κ3) is 4.37. The van der Waals surface area contributed by atoms with Crippen LogP contribution in [0.2, 0.25) is 0 Å². The van der Waals surface area contributed by atoms with Crippen molar-refractivity contribution in [2.24, 2.45) is 0 Å². The number of likely N-dealkylation sites (tertiary alicyclic amines) is 1. The summed E-state index contributed by atoms with van der Waals surface area (Å²) in [6, 6.07) is 9.65. The molecule has 1 fully saturated rings. The molecule has 0 spiro atoms. The minimum atomic E-state index is 0.0275. The van der Waals surface area contributed by atoms with Gasteiger partial charge in [-0.2, -0.15) is 0 Å². The Hall–Kier alpha value is -1.32. The van der Waals surface area contributed by atoms with Gasteiger partial charge in [0, 0.05) is 36.8 Å². The average Bonchev–Trinajstić information content (AvgIpc) is 2.47. The summed E-state index contributed by atoms with van der Waals surface area (Å²) in [6.07, 6.45) is 3.94. The van der Waals surface area contributed by atoms with Crippen molar-refractivity contribution in [1.29, 1.82) is 0 Å². The first-order chi connectivity index (χ1) is 9.29. The Kier molecular flexibility index (Phi) is 5.43. The maximum absolute atomic E-state index is 12.0. The van der Waals surface area contributed by atoms with Crippen LogP contribution in [-0.2, 0) is 0 Å². The van der Waals surface area contributed by atoms with Crippen LogP contribution in [0, 0.1) is 0 Å². The lowest BCUT2D eigenvalue weighted by Crippen LogP contribution is -2.44. The third-order valence-electron chi connectivity index (χ3n) is 3.41. The fourth-order valence-electron chi connectivity index (χ4n) is 2.31. The van der Waals surface area contributed by atoms with Gasteiger partial charge in [-0.15, -0.1) is 0 Å². The number of amides is 1. The molecule has 1 N–H and O–H groups in total. The number of nitrogens with one attached hydrogen (secondary N) is 1. The molecular formula is C15H19ClN2O. The van der Waals surface area contributed by atoms with Gasteiger partial charge in [-0.3, -0.25) is 9.69 Å². The van der Waals surface area contributed by atoms with Crippen LogP contribution in [0.25, 0.3) is 0 Å². The summed E-state index contributed by atoms with van der Waals surface area (Å²) in [4.78, 5) is 14.4. The zero-order valence-electron chi connectivity index (χ0n) is 10.9. The zero-order chi connectivity index (χ0) is 13.5. The molecule has 1 amide bonds. The molecule has 0 bridgehead atoms. The molecule has 1 aliphatic heterocycles. The van der Waals surface area contributed by atoms with Gasteiger partial charge in [0.25, 0.3) is 5.91 Å². The molecule has 3 nitrogen and oxygen atoms in total. The van der Waals surface area contributed by atoms with E-state index < -0.39 is 0 Å². The Bertz CT molecular complexity index is 425. The molecule has 0 aliphatic carbocycles. The van der Waals surface area contributed by atoms with Crippen molar-refractivity contribution in [1.82, 2.24) is 10.2 Å². The number of hydrogen-bond donors (Lipinski definition) is 1. The molecule has 102 valence electrons. The second-order valence-corrected chi connectivity index (χ2v) is 5.03. The molecule has 0 saturated carbocycles. The van der Waals surface area contributed by atoms with E-state index in [0.29, 0.717) is 0 Å². The van der Waals surface area contributed by atoms with Crippen LogP contribution in [0.15, 0.2) is 41.9 Å². The lowest BCUT2D eigenvalue weighted by atomic mass is 10.0. The maximum atomic E-state index is 12.0. The zero-order valence-corrected chi connectivity index (χ0v) is 11.6. The van der Waals surface area contributed by atoms with Gasteiger partial charge in [0.2, 0.25) is 0 Å². The lowest BCUT2D eigenvalue weighted by molar-refractivity contribution is 0.0914. The molecule has 0 atom stereocenters. The number of nitrogens with zero attached hydrogens (tertiary/aromatic N) is 1. The SMILES string of the molecule is O=C(NC1CCN(C/C=C/Cl)CC1)c1ccccc1. The van der Waals surface area contributed by atoms with E-state index in [9.17, 15) is 4.79 Å². The van der Waals surface area contributed by atoms with E-state index in [0.717, 1.165) is 38.0 Å². The Balaban J connectivity index is 1.78. The van der Waals surface area contributed by atoms with Crippen molar-refractivity contribution < 1.29 is 4.79 Å². The highest BCUT2D eigenvalue weighted by atomic mass is 35.5. The highest BCUT2D eigenvalue weighted by molar-refractivity contribution is 6.25. The Morgan fingerprint density at radius 3 is 2.63 bits per heavy atom. The first kappa shape index (κ1) is 14.1. The van der Waals surface area contributed by atoms with Crippen LogP contribution in [0.5, 0.6) is 0 Å². The van der Waals surface area contributed by atoms with Gasteiger partial charge in [0.05, 0.1) is 0 Å². The topological polar surface area (TPSA) is 32.3 Å². The van der Waals surface area contributed by atoms with E-state index in [1.807, 2.05) is 36.4 Å². The Morgan fingerprint density at radius 1 is 1.32 bits per heavy atom. The first-order valence-electron chi connectivity index (χ1n) is 6.63. The summed E-state index contributed by atoms with van der Waals surface area (Å²) < 4.78 is 0.